The van der Waals surface area contributed by atoms with Crippen molar-refractivity contribution in [1.29, 1.82) is 0 Å². The van der Waals surface area contributed by atoms with Gasteiger partial charge in [0.1, 0.15) is 11.5 Å². The molecule has 2 rings (SSSR count). The molecular formula is C18H23NO2. The van der Waals surface area contributed by atoms with Gasteiger partial charge in [0.05, 0.1) is 18.0 Å². The van der Waals surface area contributed by atoms with Crippen LogP contribution in [-0.2, 0) is 5.41 Å². The number of aliphatic hydroxyl groups excluding tert-OH is 1. The lowest BCUT2D eigenvalue weighted by atomic mass is 9.85. The lowest BCUT2D eigenvalue weighted by Crippen LogP contribution is -2.12. The summed E-state index contributed by atoms with van der Waals surface area (Å²) in [5.74, 6) is 1.52. The van der Waals surface area contributed by atoms with Crippen LogP contribution >= 0.6 is 0 Å². The molecule has 0 aliphatic rings. The first-order valence-electron chi connectivity index (χ1n) is 7.20. The third-order valence-corrected chi connectivity index (χ3v) is 3.36. The van der Waals surface area contributed by atoms with Crippen LogP contribution in [0.15, 0.2) is 36.5 Å². The molecule has 0 radical (unpaired) electrons. The monoisotopic (exact) mass is 285 g/mol. The number of aryl methyl sites for hydroxylation is 1. The summed E-state index contributed by atoms with van der Waals surface area (Å²) in [6.07, 6.45) is 1.08. The van der Waals surface area contributed by atoms with E-state index in [4.69, 9.17) is 4.74 Å². The van der Waals surface area contributed by atoms with Crippen LogP contribution in [0.1, 0.15) is 50.6 Å². The maximum atomic E-state index is 9.48. The molecule has 0 amide bonds. The molecule has 0 saturated carbocycles. The van der Waals surface area contributed by atoms with Crippen LogP contribution in [0.25, 0.3) is 0 Å². The summed E-state index contributed by atoms with van der Waals surface area (Å²) in [6, 6.07) is 9.82. The number of rotatable bonds is 3. The molecule has 1 aromatic carbocycles. The summed E-state index contributed by atoms with van der Waals surface area (Å²) in [4.78, 5) is 4.21. The maximum absolute atomic E-state index is 9.48. The van der Waals surface area contributed by atoms with Gasteiger partial charge in [0.25, 0.3) is 0 Å². The molecule has 0 spiro atoms. The van der Waals surface area contributed by atoms with Crippen molar-refractivity contribution in [2.45, 2.75) is 46.1 Å². The van der Waals surface area contributed by atoms with Crippen molar-refractivity contribution in [2.75, 3.05) is 0 Å². The molecule has 0 saturated heterocycles. The number of benzene rings is 1. The molecule has 3 heteroatoms. The van der Waals surface area contributed by atoms with Gasteiger partial charge in [-0.15, -0.1) is 0 Å². The molecule has 3 nitrogen and oxygen atoms in total. The average molecular weight is 285 g/mol. The van der Waals surface area contributed by atoms with Gasteiger partial charge in [-0.3, -0.25) is 4.98 Å². The van der Waals surface area contributed by atoms with Gasteiger partial charge in [0, 0.05) is 5.56 Å². The zero-order chi connectivity index (χ0) is 15.6. The molecule has 112 valence electrons. The van der Waals surface area contributed by atoms with Gasteiger partial charge in [-0.2, -0.15) is 0 Å². The van der Waals surface area contributed by atoms with E-state index in [1.54, 1.807) is 19.2 Å². The highest BCUT2D eigenvalue weighted by molar-refractivity contribution is 5.43. The summed E-state index contributed by atoms with van der Waals surface area (Å²) < 4.78 is 5.98. The summed E-state index contributed by atoms with van der Waals surface area (Å²) in [5.41, 5.74) is 3.04. The fraction of sp³-hybridized carbons (Fsp3) is 0.389. The van der Waals surface area contributed by atoms with Gasteiger partial charge < -0.3 is 9.84 Å². The molecule has 0 aliphatic heterocycles. The van der Waals surface area contributed by atoms with E-state index in [9.17, 15) is 5.11 Å². The van der Waals surface area contributed by atoms with Crippen LogP contribution in [0.4, 0.5) is 0 Å². The van der Waals surface area contributed by atoms with Crippen LogP contribution in [0.5, 0.6) is 11.5 Å². The molecule has 1 N–H and O–H groups in total. The number of nitrogens with zero attached hydrogens (tertiary/aromatic N) is 1. The second-order valence-corrected chi connectivity index (χ2v) is 6.45. The normalized spacial score (nSPS) is 13.0. The van der Waals surface area contributed by atoms with Crippen LogP contribution in [0, 0.1) is 6.92 Å². The van der Waals surface area contributed by atoms with Crippen molar-refractivity contribution in [1.82, 2.24) is 4.98 Å². The molecule has 0 aliphatic carbocycles. The summed E-state index contributed by atoms with van der Waals surface area (Å²) in [6.45, 7) is 10.3. The van der Waals surface area contributed by atoms with Crippen molar-refractivity contribution in [3.63, 3.8) is 0 Å². The lowest BCUT2D eigenvalue weighted by molar-refractivity contribution is 0.194. The SMILES string of the molecule is Cc1ccc(Oc2ccc([C@H](C)O)nc2)c(C(C)(C)C)c1. The number of aromatic nitrogens is 1. The minimum absolute atomic E-state index is 0.00827. The third-order valence-electron chi connectivity index (χ3n) is 3.36. The standard InChI is InChI=1S/C18H23NO2/c1-12-6-9-17(15(10-12)18(3,4)5)21-14-7-8-16(13(2)20)19-11-14/h6-11,13,20H,1-5H3/t13-/m0/s1. The number of hydrogen-bond donors (Lipinski definition) is 1. The Morgan fingerprint density at radius 1 is 1.14 bits per heavy atom. The van der Waals surface area contributed by atoms with Crippen LogP contribution < -0.4 is 4.74 Å². The van der Waals surface area contributed by atoms with Gasteiger partial charge in [-0.05, 0) is 37.5 Å². The van der Waals surface area contributed by atoms with Crippen molar-refractivity contribution in [2.24, 2.45) is 0 Å². The summed E-state index contributed by atoms with van der Waals surface area (Å²) >= 11 is 0. The van der Waals surface area contributed by atoms with Crippen molar-refractivity contribution >= 4 is 0 Å². The zero-order valence-corrected chi connectivity index (χ0v) is 13.3. The Morgan fingerprint density at radius 2 is 1.86 bits per heavy atom. The van der Waals surface area contributed by atoms with E-state index in [0.29, 0.717) is 11.4 Å². The molecule has 0 bridgehead atoms. The number of ether oxygens (including phenoxy) is 1. The van der Waals surface area contributed by atoms with E-state index in [2.05, 4.69) is 38.7 Å². The fourth-order valence-corrected chi connectivity index (χ4v) is 2.15. The lowest BCUT2D eigenvalue weighted by Gasteiger charge is -2.23. The predicted octanol–water partition coefficient (Wildman–Crippen LogP) is 4.53. The minimum Gasteiger partial charge on any atom is -0.455 e. The van der Waals surface area contributed by atoms with E-state index in [-0.39, 0.29) is 5.41 Å². The third kappa shape index (κ3) is 3.82. The largest absolute Gasteiger partial charge is 0.455 e. The molecular weight excluding hydrogens is 262 g/mol. The van der Waals surface area contributed by atoms with Crippen LogP contribution in [0.3, 0.4) is 0 Å². The Balaban J connectivity index is 2.31. The summed E-state index contributed by atoms with van der Waals surface area (Å²) in [7, 11) is 0. The highest BCUT2D eigenvalue weighted by atomic mass is 16.5. The molecule has 1 aromatic heterocycles. The van der Waals surface area contributed by atoms with Crippen molar-refractivity contribution in [3.05, 3.63) is 53.3 Å². The van der Waals surface area contributed by atoms with E-state index in [1.807, 2.05) is 18.2 Å². The minimum atomic E-state index is -0.566. The molecule has 1 atom stereocenters. The molecule has 0 fully saturated rings. The van der Waals surface area contributed by atoms with Crippen molar-refractivity contribution < 1.29 is 9.84 Å². The first-order valence-corrected chi connectivity index (χ1v) is 7.20. The number of aliphatic hydroxyl groups is 1. The number of hydrogen-bond acceptors (Lipinski definition) is 3. The first kappa shape index (κ1) is 15.5. The van der Waals surface area contributed by atoms with Gasteiger partial charge in [-0.25, -0.2) is 0 Å². The fourth-order valence-electron chi connectivity index (χ4n) is 2.15. The Labute approximate surface area is 126 Å². The second kappa shape index (κ2) is 5.86. The molecule has 21 heavy (non-hydrogen) atoms. The van der Waals surface area contributed by atoms with E-state index < -0.39 is 6.10 Å². The van der Waals surface area contributed by atoms with Crippen LogP contribution in [0.2, 0.25) is 0 Å². The Morgan fingerprint density at radius 3 is 2.38 bits per heavy atom. The van der Waals surface area contributed by atoms with Gasteiger partial charge in [0.2, 0.25) is 0 Å². The molecule has 2 aromatic rings. The van der Waals surface area contributed by atoms with E-state index >= 15 is 0 Å². The summed E-state index contributed by atoms with van der Waals surface area (Å²) in [5, 5.41) is 9.48. The smallest absolute Gasteiger partial charge is 0.145 e. The second-order valence-electron chi connectivity index (χ2n) is 6.45. The topological polar surface area (TPSA) is 42.4 Å². The average Bonchev–Trinajstić information content (AvgIpc) is 2.40. The molecule has 1 heterocycles. The Bertz CT molecular complexity index is 610. The van der Waals surface area contributed by atoms with Crippen molar-refractivity contribution in [3.8, 4) is 11.5 Å². The number of pyridine rings is 1. The Kier molecular flexibility index (Phi) is 4.33. The van der Waals surface area contributed by atoms with E-state index in [0.717, 1.165) is 5.75 Å². The van der Waals surface area contributed by atoms with Crippen LogP contribution in [-0.4, -0.2) is 10.1 Å². The van der Waals surface area contributed by atoms with Gasteiger partial charge in [0.15, 0.2) is 0 Å². The first-order chi connectivity index (χ1) is 9.77. The zero-order valence-electron chi connectivity index (χ0n) is 13.3. The van der Waals surface area contributed by atoms with Gasteiger partial charge in [-0.1, -0.05) is 38.5 Å². The van der Waals surface area contributed by atoms with Gasteiger partial charge >= 0.3 is 0 Å². The Hall–Kier alpha value is -1.87. The quantitative estimate of drug-likeness (QED) is 0.900. The predicted molar refractivity (Wildman–Crippen MR) is 84.8 cm³/mol. The molecule has 0 unspecified atom stereocenters. The highest BCUT2D eigenvalue weighted by Gasteiger charge is 2.19. The highest BCUT2D eigenvalue weighted by Crippen LogP contribution is 2.34. The van der Waals surface area contributed by atoms with E-state index in [1.165, 1.54) is 11.1 Å². The maximum Gasteiger partial charge on any atom is 0.145 e.